The zero-order chi connectivity index (χ0) is 22.6. The molecule has 3 amide bonds. The fraction of sp³-hybridized carbons (Fsp3) is 0.273. The monoisotopic (exact) mass is 426 g/mol. The molecule has 0 aliphatic carbocycles. The molecule has 0 aromatic heterocycles. The van der Waals surface area contributed by atoms with Gasteiger partial charge in [0.2, 0.25) is 0 Å². The smallest absolute Gasteiger partial charge is 0.407 e. The van der Waals surface area contributed by atoms with Crippen molar-refractivity contribution in [3.8, 4) is 5.75 Å². The van der Waals surface area contributed by atoms with E-state index in [9.17, 15) is 19.2 Å². The molecule has 0 bridgehead atoms. The van der Waals surface area contributed by atoms with Gasteiger partial charge in [-0.05, 0) is 50.6 Å². The van der Waals surface area contributed by atoms with Crippen molar-refractivity contribution in [3.05, 3.63) is 65.2 Å². The Morgan fingerprint density at radius 1 is 0.968 bits per heavy atom. The number of benzene rings is 2. The summed E-state index contributed by atoms with van der Waals surface area (Å²) in [5.41, 5.74) is 0.462. The van der Waals surface area contributed by atoms with Gasteiger partial charge in [0.1, 0.15) is 11.4 Å². The lowest BCUT2D eigenvalue weighted by Gasteiger charge is -2.19. The molecule has 0 atom stereocenters. The molecule has 0 saturated heterocycles. The first-order valence-electron chi connectivity index (χ1n) is 9.51. The number of nitrogens with zero attached hydrogens (tertiary/aromatic N) is 1. The average molecular weight is 426 g/mol. The van der Waals surface area contributed by atoms with E-state index in [4.69, 9.17) is 14.3 Å². The molecule has 162 valence electrons. The summed E-state index contributed by atoms with van der Waals surface area (Å²) in [5.74, 6) is -1.97. The minimum absolute atomic E-state index is 0.173. The van der Waals surface area contributed by atoms with Crippen LogP contribution in [0.2, 0.25) is 0 Å². The molecule has 1 heterocycles. The van der Waals surface area contributed by atoms with Crippen LogP contribution in [-0.4, -0.2) is 41.1 Å². The Morgan fingerprint density at radius 3 is 2.23 bits per heavy atom. The second kappa shape index (κ2) is 8.86. The predicted octanol–water partition coefficient (Wildman–Crippen LogP) is 2.84. The maximum atomic E-state index is 12.2. The summed E-state index contributed by atoms with van der Waals surface area (Å²) in [7, 11) is 0. The second-order valence-electron chi connectivity index (χ2n) is 7.71. The first-order valence-corrected chi connectivity index (χ1v) is 9.51. The molecule has 1 aliphatic heterocycles. The van der Waals surface area contributed by atoms with Crippen LogP contribution in [0.25, 0.3) is 0 Å². The van der Waals surface area contributed by atoms with E-state index in [1.165, 1.54) is 12.1 Å². The summed E-state index contributed by atoms with van der Waals surface area (Å²) < 4.78 is 10.6. The van der Waals surface area contributed by atoms with Crippen LogP contribution in [0.5, 0.6) is 5.75 Å². The Balaban J connectivity index is 1.51. The van der Waals surface area contributed by atoms with Crippen molar-refractivity contribution in [1.82, 2.24) is 10.4 Å². The fourth-order valence-corrected chi connectivity index (χ4v) is 2.75. The predicted molar refractivity (Wildman–Crippen MR) is 108 cm³/mol. The van der Waals surface area contributed by atoms with Crippen molar-refractivity contribution >= 4 is 23.9 Å². The fourth-order valence-electron chi connectivity index (χ4n) is 2.75. The lowest BCUT2D eigenvalue weighted by atomic mass is 10.1. The van der Waals surface area contributed by atoms with Crippen LogP contribution in [0.15, 0.2) is 48.5 Å². The number of hydroxylamine groups is 2. The summed E-state index contributed by atoms with van der Waals surface area (Å²) in [5, 5.41) is 3.05. The summed E-state index contributed by atoms with van der Waals surface area (Å²) in [6.07, 6.45) is -0.552. The molecule has 2 aromatic rings. The zero-order valence-electron chi connectivity index (χ0n) is 17.3. The Labute approximate surface area is 178 Å². The van der Waals surface area contributed by atoms with Crippen LogP contribution < -0.4 is 10.1 Å². The molecular formula is C22H22N2O7. The number of hydrogen-bond donors (Lipinski definition) is 1. The van der Waals surface area contributed by atoms with E-state index in [1.54, 1.807) is 57.2 Å². The summed E-state index contributed by atoms with van der Waals surface area (Å²) in [4.78, 5) is 53.2. The van der Waals surface area contributed by atoms with Crippen molar-refractivity contribution in [2.75, 3.05) is 6.61 Å². The van der Waals surface area contributed by atoms with E-state index in [0.717, 1.165) is 5.56 Å². The van der Waals surface area contributed by atoms with E-state index >= 15 is 0 Å². The maximum absolute atomic E-state index is 12.2. The first kappa shape index (κ1) is 21.8. The van der Waals surface area contributed by atoms with Gasteiger partial charge in [-0.3, -0.25) is 9.59 Å². The van der Waals surface area contributed by atoms with Crippen molar-refractivity contribution in [2.24, 2.45) is 0 Å². The number of rotatable bonds is 6. The van der Waals surface area contributed by atoms with Gasteiger partial charge < -0.3 is 19.6 Å². The van der Waals surface area contributed by atoms with Gasteiger partial charge in [0.15, 0.2) is 6.61 Å². The Bertz CT molecular complexity index is 992. The van der Waals surface area contributed by atoms with Crippen molar-refractivity contribution < 1.29 is 33.5 Å². The topological polar surface area (TPSA) is 111 Å². The summed E-state index contributed by atoms with van der Waals surface area (Å²) in [6.45, 7) is 4.98. The van der Waals surface area contributed by atoms with Gasteiger partial charge in [0.05, 0.1) is 11.1 Å². The molecule has 3 rings (SSSR count). The van der Waals surface area contributed by atoms with Gasteiger partial charge in [-0.15, -0.1) is 0 Å². The van der Waals surface area contributed by atoms with Crippen LogP contribution >= 0.6 is 0 Å². The van der Waals surface area contributed by atoms with Crippen molar-refractivity contribution in [3.63, 3.8) is 0 Å². The van der Waals surface area contributed by atoms with Crippen LogP contribution in [0.3, 0.4) is 0 Å². The van der Waals surface area contributed by atoms with E-state index in [1.807, 2.05) is 0 Å². The molecule has 1 aliphatic rings. The van der Waals surface area contributed by atoms with E-state index in [0.29, 0.717) is 10.8 Å². The third-order valence-electron chi connectivity index (χ3n) is 4.04. The van der Waals surface area contributed by atoms with E-state index < -0.39 is 36.1 Å². The third-order valence-corrected chi connectivity index (χ3v) is 4.04. The number of hydrogen-bond acceptors (Lipinski definition) is 7. The minimum Gasteiger partial charge on any atom is -0.482 e. The zero-order valence-corrected chi connectivity index (χ0v) is 17.3. The lowest BCUT2D eigenvalue weighted by molar-refractivity contribution is -0.170. The number of ether oxygens (including phenoxy) is 2. The summed E-state index contributed by atoms with van der Waals surface area (Å²) in [6, 6.07) is 12.9. The number of amides is 3. The average Bonchev–Trinajstić information content (AvgIpc) is 2.95. The number of imide groups is 1. The number of alkyl carbamates (subject to hydrolysis) is 1. The highest BCUT2D eigenvalue weighted by atomic mass is 16.7. The van der Waals surface area contributed by atoms with Crippen LogP contribution in [0, 0.1) is 0 Å². The summed E-state index contributed by atoms with van der Waals surface area (Å²) >= 11 is 0. The van der Waals surface area contributed by atoms with Gasteiger partial charge >= 0.3 is 12.1 Å². The van der Waals surface area contributed by atoms with Gasteiger partial charge in [-0.1, -0.05) is 29.3 Å². The number of carbonyl (C=O) groups is 4. The van der Waals surface area contributed by atoms with Crippen LogP contribution in [0.1, 0.15) is 47.1 Å². The first-order chi connectivity index (χ1) is 14.6. The highest BCUT2D eigenvalue weighted by Crippen LogP contribution is 2.22. The Kier molecular flexibility index (Phi) is 6.24. The van der Waals surface area contributed by atoms with Gasteiger partial charge in [-0.2, -0.15) is 0 Å². The Morgan fingerprint density at radius 2 is 1.61 bits per heavy atom. The van der Waals surface area contributed by atoms with Crippen LogP contribution in [0.4, 0.5) is 4.79 Å². The maximum Gasteiger partial charge on any atom is 0.407 e. The molecule has 2 aromatic carbocycles. The number of nitrogens with one attached hydrogen (secondary N) is 1. The molecule has 0 saturated carbocycles. The third kappa shape index (κ3) is 5.59. The standard InChI is InChI=1S/C22H22N2O7/c1-22(2,3)30-21(28)23-12-14-7-6-8-15(11-14)29-13-18(25)31-24-19(26)16-9-4-5-10-17(16)20(24)27/h4-11H,12-13H2,1-3H3,(H,23,28). The highest BCUT2D eigenvalue weighted by Gasteiger charge is 2.38. The SMILES string of the molecule is CC(C)(C)OC(=O)NCc1cccc(OCC(=O)ON2C(=O)c3ccccc3C2=O)c1. The number of carbonyl (C=O) groups excluding carboxylic acids is 4. The van der Waals surface area contributed by atoms with E-state index in [2.05, 4.69) is 5.32 Å². The van der Waals surface area contributed by atoms with Gasteiger partial charge in [0.25, 0.3) is 11.8 Å². The van der Waals surface area contributed by atoms with E-state index in [-0.39, 0.29) is 17.7 Å². The van der Waals surface area contributed by atoms with Gasteiger partial charge in [0, 0.05) is 6.54 Å². The van der Waals surface area contributed by atoms with Crippen molar-refractivity contribution in [2.45, 2.75) is 32.9 Å². The highest BCUT2D eigenvalue weighted by molar-refractivity contribution is 6.20. The molecule has 0 radical (unpaired) electrons. The van der Waals surface area contributed by atoms with Crippen LogP contribution in [-0.2, 0) is 20.9 Å². The number of fused-ring (bicyclic) bond motifs is 1. The normalized spacial score (nSPS) is 12.9. The quantitative estimate of drug-likeness (QED) is 0.707. The lowest BCUT2D eigenvalue weighted by Crippen LogP contribution is -2.34. The molecular weight excluding hydrogens is 404 g/mol. The Hall–Kier alpha value is -3.88. The molecule has 0 fully saturated rings. The second-order valence-corrected chi connectivity index (χ2v) is 7.71. The minimum atomic E-state index is -0.910. The molecule has 31 heavy (non-hydrogen) atoms. The largest absolute Gasteiger partial charge is 0.482 e. The molecule has 9 nitrogen and oxygen atoms in total. The van der Waals surface area contributed by atoms with Crippen molar-refractivity contribution in [1.29, 1.82) is 0 Å². The molecule has 1 N–H and O–H groups in total. The van der Waals surface area contributed by atoms with Gasteiger partial charge in [-0.25, -0.2) is 9.59 Å². The molecule has 0 unspecified atom stereocenters. The molecule has 9 heteroatoms. The molecule has 0 spiro atoms.